The predicted octanol–water partition coefficient (Wildman–Crippen LogP) is 4.34. The third-order valence-electron chi connectivity index (χ3n) is 3.58. The van der Waals surface area contributed by atoms with Crippen LogP contribution in [0.1, 0.15) is 56.2 Å². The summed E-state index contributed by atoms with van der Waals surface area (Å²) in [5.41, 5.74) is 0.184. The van der Waals surface area contributed by atoms with Gasteiger partial charge in [0.25, 0.3) is 0 Å². The van der Waals surface area contributed by atoms with Crippen LogP contribution in [0.4, 0.5) is 0 Å². The molecule has 0 aromatic carbocycles. The quantitative estimate of drug-likeness (QED) is 0.837. The van der Waals surface area contributed by atoms with Crippen molar-refractivity contribution in [2.45, 2.75) is 65.1 Å². The van der Waals surface area contributed by atoms with Gasteiger partial charge in [0, 0.05) is 28.4 Å². The topological polar surface area (TPSA) is 21.3 Å². The lowest BCUT2D eigenvalue weighted by molar-refractivity contribution is 0.0906. The van der Waals surface area contributed by atoms with Crippen molar-refractivity contribution in [2.75, 3.05) is 6.61 Å². The van der Waals surface area contributed by atoms with Crippen LogP contribution in [0, 0.1) is 5.92 Å². The molecule has 0 bridgehead atoms. The molecule has 1 aliphatic carbocycles. The van der Waals surface area contributed by atoms with E-state index in [4.69, 9.17) is 4.74 Å². The molecule has 1 N–H and O–H groups in total. The van der Waals surface area contributed by atoms with Gasteiger partial charge in [0.1, 0.15) is 0 Å². The average Bonchev–Trinajstić information content (AvgIpc) is 2.97. The first kappa shape index (κ1) is 15.0. The lowest BCUT2D eigenvalue weighted by Gasteiger charge is -2.19. The summed E-state index contributed by atoms with van der Waals surface area (Å²) in [6.45, 7) is 9.30. The van der Waals surface area contributed by atoms with Gasteiger partial charge in [-0.2, -0.15) is 0 Å². The van der Waals surface area contributed by atoms with Crippen LogP contribution < -0.4 is 5.32 Å². The summed E-state index contributed by atoms with van der Waals surface area (Å²) in [6.07, 6.45) is 5.53. The van der Waals surface area contributed by atoms with E-state index in [2.05, 4.69) is 38.2 Å². The second-order valence-electron chi connectivity index (χ2n) is 6.64. The average molecular weight is 281 g/mol. The number of hydrogen-bond acceptors (Lipinski definition) is 3. The van der Waals surface area contributed by atoms with Crippen LogP contribution in [-0.4, -0.2) is 12.1 Å². The van der Waals surface area contributed by atoms with Gasteiger partial charge in [0.15, 0.2) is 0 Å². The fourth-order valence-electron chi connectivity index (χ4n) is 2.45. The molecule has 1 saturated carbocycles. The third kappa shape index (κ3) is 5.64. The van der Waals surface area contributed by atoms with Crippen LogP contribution in [0.25, 0.3) is 0 Å². The molecular formula is C16H27NOS. The Morgan fingerprint density at radius 2 is 1.89 bits per heavy atom. The van der Waals surface area contributed by atoms with Crippen LogP contribution in [0.3, 0.4) is 0 Å². The molecule has 1 heterocycles. The van der Waals surface area contributed by atoms with Crippen LogP contribution in [0.15, 0.2) is 12.1 Å². The summed E-state index contributed by atoms with van der Waals surface area (Å²) in [6, 6.07) is 4.43. The molecule has 0 atom stereocenters. The predicted molar refractivity (Wildman–Crippen MR) is 82.5 cm³/mol. The largest absolute Gasteiger partial charge is 0.376 e. The molecule has 1 fully saturated rings. The van der Waals surface area contributed by atoms with Gasteiger partial charge >= 0.3 is 0 Å². The van der Waals surface area contributed by atoms with E-state index in [0.29, 0.717) is 0 Å². The maximum atomic E-state index is 5.85. The van der Waals surface area contributed by atoms with Gasteiger partial charge in [-0.15, -0.1) is 11.3 Å². The van der Waals surface area contributed by atoms with E-state index in [1.807, 2.05) is 11.3 Å². The molecular weight excluding hydrogens is 254 g/mol. The first-order chi connectivity index (χ1) is 9.03. The molecule has 2 nitrogen and oxygen atoms in total. The Labute approximate surface area is 121 Å². The molecule has 19 heavy (non-hydrogen) atoms. The fraction of sp³-hybridized carbons (Fsp3) is 0.750. The van der Waals surface area contributed by atoms with Gasteiger partial charge in [-0.1, -0.05) is 12.8 Å². The number of hydrogen-bond donors (Lipinski definition) is 1. The molecule has 0 radical (unpaired) electrons. The third-order valence-corrected chi connectivity index (χ3v) is 4.64. The van der Waals surface area contributed by atoms with Gasteiger partial charge in [-0.25, -0.2) is 0 Å². The van der Waals surface area contributed by atoms with Crippen LogP contribution >= 0.6 is 11.3 Å². The zero-order chi connectivity index (χ0) is 13.7. The lowest BCUT2D eigenvalue weighted by Crippen LogP contribution is -2.34. The highest BCUT2D eigenvalue weighted by molar-refractivity contribution is 7.11. The maximum Gasteiger partial charge on any atom is 0.0809 e. The van der Waals surface area contributed by atoms with Crippen LogP contribution in [0.2, 0.25) is 0 Å². The monoisotopic (exact) mass is 281 g/mol. The smallest absolute Gasteiger partial charge is 0.0809 e. The molecule has 0 unspecified atom stereocenters. The number of ether oxygens (including phenoxy) is 1. The van der Waals surface area contributed by atoms with Crippen molar-refractivity contribution in [3.63, 3.8) is 0 Å². The van der Waals surface area contributed by atoms with Gasteiger partial charge in [-0.3, -0.25) is 0 Å². The van der Waals surface area contributed by atoms with Crippen molar-refractivity contribution in [1.82, 2.24) is 5.32 Å². The van der Waals surface area contributed by atoms with Crippen molar-refractivity contribution in [1.29, 1.82) is 0 Å². The number of thiophene rings is 1. The standard InChI is InChI=1S/C16H27NOS/c1-16(2,3)17-10-14-8-9-15(19-14)12-18-11-13-6-4-5-7-13/h8-9,13,17H,4-7,10-12H2,1-3H3. The SMILES string of the molecule is CC(C)(C)NCc1ccc(COCC2CCCC2)s1. The zero-order valence-electron chi connectivity index (χ0n) is 12.5. The van der Waals surface area contributed by atoms with E-state index in [9.17, 15) is 0 Å². The van der Waals surface area contributed by atoms with E-state index in [1.54, 1.807) is 0 Å². The maximum absolute atomic E-state index is 5.85. The normalized spacial score (nSPS) is 17.2. The number of rotatable bonds is 6. The Bertz CT molecular complexity index is 374. The van der Waals surface area contributed by atoms with Crippen LogP contribution in [-0.2, 0) is 17.9 Å². The summed E-state index contributed by atoms with van der Waals surface area (Å²) < 4.78 is 5.85. The van der Waals surface area contributed by atoms with E-state index in [-0.39, 0.29) is 5.54 Å². The minimum absolute atomic E-state index is 0.184. The summed E-state index contributed by atoms with van der Waals surface area (Å²) in [5, 5.41) is 3.52. The Kier molecular flexibility index (Phi) is 5.43. The molecule has 1 aromatic heterocycles. The summed E-state index contributed by atoms with van der Waals surface area (Å²) in [4.78, 5) is 2.75. The minimum Gasteiger partial charge on any atom is -0.376 e. The summed E-state index contributed by atoms with van der Waals surface area (Å²) in [5.74, 6) is 0.821. The number of nitrogens with one attached hydrogen (secondary N) is 1. The first-order valence-corrected chi connectivity index (χ1v) is 8.25. The Morgan fingerprint density at radius 1 is 1.21 bits per heavy atom. The molecule has 0 aliphatic heterocycles. The van der Waals surface area contributed by atoms with E-state index in [0.717, 1.165) is 25.7 Å². The van der Waals surface area contributed by atoms with Crippen molar-refractivity contribution < 1.29 is 4.74 Å². The highest BCUT2D eigenvalue weighted by Crippen LogP contribution is 2.25. The molecule has 108 valence electrons. The van der Waals surface area contributed by atoms with E-state index < -0.39 is 0 Å². The minimum atomic E-state index is 0.184. The van der Waals surface area contributed by atoms with Crippen molar-refractivity contribution >= 4 is 11.3 Å². The van der Waals surface area contributed by atoms with Crippen molar-refractivity contribution in [3.8, 4) is 0 Å². The van der Waals surface area contributed by atoms with Crippen LogP contribution in [0.5, 0.6) is 0 Å². The fourth-order valence-corrected chi connectivity index (χ4v) is 3.35. The van der Waals surface area contributed by atoms with Crippen molar-refractivity contribution in [2.24, 2.45) is 5.92 Å². The highest BCUT2D eigenvalue weighted by Gasteiger charge is 2.15. The second-order valence-corrected chi connectivity index (χ2v) is 7.89. The molecule has 3 heteroatoms. The first-order valence-electron chi connectivity index (χ1n) is 7.43. The van der Waals surface area contributed by atoms with Gasteiger partial charge < -0.3 is 10.1 Å². The molecule has 2 rings (SSSR count). The van der Waals surface area contributed by atoms with Gasteiger partial charge in [0.2, 0.25) is 0 Å². The van der Waals surface area contributed by atoms with Gasteiger partial charge in [0.05, 0.1) is 6.61 Å². The Morgan fingerprint density at radius 3 is 2.58 bits per heavy atom. The van der Waals surface area contributed by atoms with E-state index >= 15 is 0 Å². The van der Waals surface area contributed by atoms with Gasteiger partial charge in [-0.05, 0) is 51.7 Å². The molecule has 1 aliphatic rings. The Hall–Kier alpha value is -0.380. The lowest BCUT2D eigenvalue weighted by atomic mass is 10.1. The molecule has 0 saturated heterocycles. The Balaban J connectivity index is 1.68. The molecule has 0 amide bonds. The van der Waals surface area contributed by atoms with E-state index in [1.165, 1.54) is 35.4 Å². The summed E-state index contributed by atoms with van der Waals surface area (Å²) >= 11 is 1.87. The zero-order valence-corrected chi connectivity index (χ0v) is 13.3. The van der Waals surface area contributed by atoms with Crippen molar-refractivity contribution in [3.05, 3.63) is 21.9 Å². The molecule has 0 spiro atoms. The molecule has 1 aromatic rings. The highest BCUT2D eigenvalue weighted by atomic mass is 32.1. The second kappa shape index (κ2) is 6.87. The summed E-state index contributed by atoms with van der Waals surface area (Å²) in [7, 11) is 0.